The van der Waals surface area contributed by atoms with Crippen molar-refractivity contribution in [1.29, 1.82) is 0 Å². The van der Waals surface area contributed by atoms with Crippen molar-refractivity contribution in [3.05, 3.63) is 0 Å². The Bertz CT molecular complexity index is 187. The summed E-state index contributed by atoms with van der Waals surface area (Å²) in [6, 6.07) is 0.675. The van der Waals surface area contributed by atoms with Gasteiger partial charge in [-0.25, -0.2) is 0 Å². The van der Waals surface area contributed by atoms with E-state index in [2.05, 4.69) is 37.5 Å². The SMILES string of the molecule is CCC#CC1CCN(CC)C1C. The van der Waals surface area contributed by atoms with Crippen molar-refractivity contribution in [3.8, 4) is 11.8 Å². The molecule has 1 aliphatic rings. The zero-order valence-corrected chi connectivity index (χ0v) is 8.43. The molecule has 0 aromatic carbocycles. The van der Waals surface area contributed by atoms with Crippen LogP contribution in [-0.4, -0.2) is 24.0 Å². The third-order valence-electron chi connectivity index (χ3n) is 2.76. The maximum absolute atomic E-state index is 3.35. The van der Waals surface area contributed by atoms with Crippen LogP contribution in [0.15, 0.2) is 0 Å². The average molecular weight is 165 g/mol. The number of likely N-dealkylation sites (tertiary alicyclic amines) is 1. The second-order valence-electron chi connectivity index (χ2n) is 3.44. The molecule has 1 nitrogen and oxygen atoms in total. The van der Waals surface area contributed by atoms with E-state index in [9.17, 15) is 0 Å². The van der Waals surface area contributed by atoms with E-state index in [4.69, 9.17) is 0 Å². The van der Waals surface area contributed by atoms with Crippen LogP contribution in [0.1, 0.15) is 33.6 Å². The van der Waals surface area contributed by atoms with Gasteiger partial charge in [0.05, 0.1) is 0 Å². The Labute approximate surface area is 76.1 Å². The Hall–Kier alpha value is -0.480. The molecule has 0 radical (unpaired) electrons. The van der Waals surface area contributed by atoms with E-state index in [1.54, 1.807) is 0 Å². The van der Waals surface area contributed by atoms with Crippen LogP contribution in [0.3, 0.4) is 0 Å². The Morgan fingerprint density at radius 3 is 2.67 bits per heavy atom. The summed E-state index contributed by atoms with van der Waals surface area (Å²) in [5, 5.41) is 0. The molecule has 0 bridgehead atoms. The highest BCUT2D eigenvalue weighted by Crippen LogP contribution is 2.22. The summed E-state index contributed by atoms with van der Waals surface area (Å²) in [5.41, 5.74) is 0. The molecule has 1 fully saturated rings. The molecular formula is C11H19N. The second-order valence-corrected chi connectivity index (χ2v) is 3.44. The van der Waals surface area contributed by atoms with Crippen molar-refractivity contribution < 1.29 is 0 Å². The first kappa shape index (κ1) is 9.61. The minimum absolute atomic E-state index is 0.630. The summed E-state index contributed by atoms with van der Waals surface area (Å²) < 4.78 is 0. The van der Waals surface area contributed by atoms with Crippen LogP contribution in [0.25, 0.3) is 0 Å². The lowest BCUT2D eigenvalue weighted by Crippen LogP contribution is -2.29. The number of hydrogen-bond donors (Lipinski definition) is 0. The monoisotopic (exact) mass is 165 g/mol. The summed E-state index contributed by atoms with van der Waals surface area (Å²) in [5.74, 6) is 7.17. The fourth-order valence-corrected chi connectivity index (χ4v) is 1.88. The molecule has 1 heterocycles. The van der Waals surface area contributed by atoms with Crippen LogP contribution in [0.2, 0.25) is 0 Å². The van der Waals surface area contributed by atoms with Gasteiger partial charge >= 0.3 is 0 Å². The van der Waals surface area contributed by atoms with Gasteiger partial charge in [0.1, 0.15) is 0 Å². The Kier molecular flexibility index (Phi) is 3.62. The maximum atomic E-state index is 3.35. The summed E-state index contributed by atoms with van der Waals surface area (Å²) in [4.78, 5) is 2.51. The quantitative estimate of drug-likeness (QED) is 0.538. The van der Waals surface area contributed by atoms with Crippen LogP contribution in [0.4, 0.5) is 0 Å². The van der Waals surface area contributed by atoms with Gasteiger partial charge in [0.25, 0.3) is 0 Å². The van der Waals surface area contributed by atoms with Crippen molar-refractivity contribution in [1.82, 2.24) is 4.90 Å². The molecule has 68 valence electrons. The molecule has 2 atom stereocenters. The fourth-order valence-electron chi connectivity index (χ4n) is 1.88. The van der Waals surface area contributed by atoms with Crippen molar-refractivity contribution >= 4 is 0 Å². The molecule has 1 rings (SSSR count). The topological polar surface area (TPSA) is 3.24 Å². The summed E-state index contributed by atoms with van der Waals surface area (Å²) in [6.45, 7) is 9.05. The molecule has 0 amide bonds. The second kappa shape index (κ2) is 4.52. The smallest absolute Gasteiger partial charge is 0.0368 e. The molecule has 1 heteroatoms. The number of nitrogens with zero attached hydrogens (tertiary/aromatic N) is 1. The summed E-state index contributed by atoms with van der Waals surface area (Å²) >= 11 is 0. The van der Waals surface area contributed by atoms with Gasteiger partial charge in [-0.1, -0.05) is 19.8 Å². The van der Waals surface area contributed by atoms with Gasteiger partial charge in [0, 0.05) is 18.4 Å². The van der Waals surface area contributed by atoms with Crippen molar-refractivity contribution in [2.45, 2.75) is 39.7 Å². The minimum atomic E-state index is 0.630. The molecule has 0 N–H and O–H groups in total. The van der Waals surface area contributed by atoms with Gasteiger partial charge in [-0.15, -0.1) is 5.92 Å². The van der Waals surface area contributed by atoms with Crippen LogP contribution in [0.5, 0.6) is 0 Å². The van der Waals surface area contributed by atoms with E-state index in [1.807, 2.05) is 0 Å². The summed E-state index contributed by atoms with van der Waals surface area (Å²) in [6.07, 6.45) is 2.26. The van der Waals surface area contributed by atoms with Gasteiger partial charge in [-0.3, -0.25) is 4.90 Å². The highest BCUT2D eigenvalue weighted by atomic mass is 15.2. The normalized spacial score (nSPS) is 29.9. The molecule has 1 aliphatic heterocycles. The van der Waals surface area contributed by atoms with E-state index in [-0.39, 0.29) is 0 Å². The molecule has 0 aromatic rings. The third kappa shape index (κ3) is 2.01. The third-order valence-corrected chi connectivity index (χ3v) is 2.76. The standard InChI is InChI=1S/C11H19N/c1-4-6-7-11-8-9-12(5-2)10(11)3/h10-11H,4-5,8-9H2,1-3H3. The molecule has 2 unspecified atom stereocenters. The first-order chi connectivity index (χ1) is 5.79. The molecule has 1 saturated heterocycles. The minimum Gasteiger partial charge on any atom is -0.300 e. The van der Waals surface area contributed by atoms with Crippen LogP contribution in [-0.2, 0) is 0 Å². The first-order valence-electron chi connectivity index (χ1n) is 5.02. The predicted molar refractivity (Wildman–Crippen MR) is 52.9 cm³/mol. The van der Waals surface area contributed by atoms with E-state index in [0.29, 0.717) is 12.0 Å². The van der Waals surface area contributed by atoms with Crippen molar-refractivity contribution in [2.75, 3.05) is 13.1 Å². The van der Waals surface area contributed by atoms with Crippen LogP contribution >= 0.6 is 0 Å². The molecule has 0 spiro atoms. The maximum Gasteiger partial charge on any atom is 0.0368 e. The van der Waals surface area contributed by atoms with Gasteiger partial charge in [-0.2, -0.15) is 0 Å². The lowest BCUT2D eigenvalue weighted by Gasteiger charge is -2.20. The van der Waals surface area contributed by atoms with Crippen molar-refractivity contribution in [2.24, 2.45) is 5.92 Å². The lowest BCUT2D eigenvalue weighted by atomic mass is 10.0. The molecule has 0 saturated carbocycles. The zero-order chi connectivity index (χ0) is 8.97. The number of hydrogen-bond acceptors (Lipinski definition) is 1. The van der Waals surface area contributed by atoms with Crippen molar-refractivity contribution in [3.63, 3.8) is 0 Å². The molecule has 0 aromatic heterocycles. The van der Waals surface area contributed by atoms with Crippen LogP contribution in [0, 0.1) is 17.8 Å². The predicted octanol–water partition coefficient (Wildman–Crippen LogP) is 2.13. The highest BCUT2D eigenvalue weighted by Gasteiger charge is 2.27. The largest absolute Gasteiger partial charge is 0.300 e. The average Bonchev–Trinajstić information content (AvgIpc) is 2.43. The van der Waals surface area contributed by atoms with Gasteiger partial charge in [0.15, 0.2) is 0 Å². The molecule has 12 heavy (non-hydrogen) atoms. The Morgan fingerprint density at radius 2 is 2.17 bits per heavy atom. The van der Waals surface area contributed by atoms with Crippen LogP contribution < -0.4 is 0 Å². The highest BCUT2D eigenvalue weighted by molar-refractivity contribution is 5.08. The summed E-state index contributed by atoms with van der Waals surface area (Å²) in [7, 11) is 0. The number of rotatable bonds is 1. The van der Waals surface area contributed by atoms with E-state index in [0.717, 1.165) is 6.42 Å². The first-order valence-corrected chi connectivity index (χ1v) is 5.02. The Balaban J connectivity index is 2.48. The van der Waals surface area contributed by atoms with Gasteiger partial charge in [0.2, 0.25) is 0 Å². The van der Waals surface area contributed by atoms with Gasteiger partial charge in [-0.05, 0) is 26.4 Å². The molecular weight excluding hydrogens is 146 g/mol. The lowest BCUT2D eigenvalue weighted by molar-refractivity contribution is 0.270. The Morgan fingerprint density at radius 1 is 1.42 bits per heavy atom. The van der Waals surface area contributed by atoms with Gasteiger partial charge < -0.3 is 0 Å². The molecule has 0 aliphatic carbocycles. The fraction of sp³-hybridized carbons (Fsp3) is 0.818. The van der Waals surface area contributed by atoms with E-state index in [1.165, 1.54) is 19.5 Å². The van der Waals surface area contributed by atoms with E-state index >= 15 is 0 Å². The van der Waals surface area contributed by atoms with E-state index < -0.39 is 0 Å². The zero-order valence-electron chi connectivity index (χ0n) is 8.43.